The number of halogens is 1. The maximum absolute atomic E-state index is 6.56. The molecule has 0 amide bonds. The second-order valence-electron chi connectivity index (χ2n) is 6.80. The zero-order valence-electron chi connectivity index (χ0n) is 14.5. The molecule has 1 heterocycles. The zero-order chi connectivity index (χ0) is 17.3. The lowest BCUT2D eigenvalue weighted by Crippen LogP contribution is -2.42. The van der Waals surface area contributed by atoms with Gasteiger partial charge < -0.3 is 15.6 Å². The van der Waals surface area contributed by atoms with Crippen LogP contribution in [0, 0.1) is 0 Å². The smallest absolute Gasteiger partial charge is 0.0957 e. The van der Waals surface area contributed by atoms with Crippen LogP contribution >= 0.6 is 11.6 Å². The van der Waals surface area contributed by atoms with E-state index in [1.54, 1.807) is 0 Å². The first-order valence-corrected chi connectivity index (χ1v) is 8.79. The van der Waals surface area contributed by atoms with E-state index in [0.717, 1.165) is 22.0 Å². The van der Waals surface area contributed by atoms with Gasteiger partial charge in [-0.1, -0.05) is 29.8 Å². The third-order valence-corrected chi connectivity index (χ3v) is 5.17. The molecule has 1 fully saturated rings. The molecule has 3 rings (SSSR count). The number of hydrogen-bond donors (Lipinski definition) is 2. The van der Waals surface area contributed by atoms with Crippen LogP contribution < -0.4 is 11.1 Å². The van der Waals surface area contributed by atoms with Crippen LogP contribution in [0.1, 0.15) is 44.3 Å². The fourth-order valence-electron chi connectivity index (χ4n) is 2.96. The molecule has 1 aliphatic carbocycles. The van der Waals surface area contributed by atoms with Crippen LogP contribution in [-0.2, 0) is 0 Å². The van der Waals surface area contributed by atoms with Crippen LogP contribution in [0.5, 0.6) is 0 Å². The normalized spacial score (nSPS) is 18.5. The molecule has 128 valence electrons. The van der Waals surface area contributed by atoms with Gasteiger partial charge in [-0.05, 0) is 45.0 Å². The van der Waals surface area contributed by atoms with Gasteiger partial charge in [-0.25, -0.2) is 4.98 Å². The fraction of sp³-hybridized carbons (Fsp3) is 0.421. The molecule has 1 aliphatic rings. The predicted octanol–water partition coefficient (Wildman–Crippen LogP) is 4.09. The molecule has 0 saturated heterocycles. The van der Waals surface area contributed by atoms with Crippen molar-refractivity contribution in [2.24, 2.45) is 5.73 Å². The fourth-order valence-corrected chi connectivity index (χ4v) is 3.18. The molecule has 0 radical (unpaired) electrons. The first-order chi connectivity index (χ1) is 11.5. The quantitative estimate of drug-likeness (QED) is 0.829. The monoisotopic (exact) mass is 344 g/mol. The summed E-state index contributed by atoms with van der Waals surface area (Å²) in [5.74, 6) is 0.543. The predicted molar refractivity (Wildman–Crippen MR) is 100 cm³/mol. The third-order valence-electron chi connectivity index (χ3n) is 4.84. The number of nitrogens with zero attached hydrogens (tertiary/aromatic N) is 2. The molecule has 1 aromatic carbocycles. The molecular weight excluding hydrogens is 320 g/mol. The lowest BCUT2D eigenvalue weighted by molar-refractivity contribution is 0.381. The van der Waals surface area contributed by atoms with E-state index in [1.165, 1.54) is 12.8 Å². The number of rotatable bonds is 6. The molecular formula is C19H25ClN4. The molecule has 0 spiro atoms. The summed E-state index contributed by atoms with van der Waals surface area (Å²) in [6.45, 7) is 4.15. The van der Waals surface area contributed by atoms with Crippen molar-refractivity contribution in [1.82, 2.24) is 14.9 Å². The Morgan fingerprint density at radius 2 is 2.12 bits per heavy atom. The zero-order valence-corrected chi connectivity index (χ0v) is 15.2. The Bertz CT molecular complexity index is 744. The van der Waals surface area contributed by atoms with Crippen LogP contribution in [0.4, 0.5) is 0 Å². The summed E-state index contributed by atoms with van der Waals surface area (Å²) in [5.41, 5.74) is 9.31. The van der Waals surface area contributed by atoms with E-state index in [4.69, 9.17) is 22.3 Å². The average Bonchev–Trinajstić information content (AvgIpc) is 3.32. The van der Waals surface area contributed by atoms with Crippen molar-refractivity contribution >= 4 is 11.6 Å². The topological polar surface area (TPSA) is 55.9 Å². The van der Waals surface area contributed by atoms with Crippen LogP contribution in [0.3, 0.4) is 0 Å². The molecule has 4 nitrogen and oxygen atoms in total. The van der Waals surface area contributed by atoms with Crippen molar-refractivity contribution in [3.05, 3.63) is 53.6 Å². The van der Waals surface area contributed by atoms with Gasteiger partial charge in [0.15, 0.2) is 0 Å². The van der Waals surface area contributed by atoms with Gasteiger partial charge in [-0.15, -0.1) is 0 Å². The average molecular weight is 345 g/mol. The second kappa shape index (κ2) is 6.61. The first kappa shape index (κ1) is 17.1. The van der Waals surface area contributed by atoms with Gasteiger partial charge >= 0.3 is 0 Å². The number of imidazole rings is 1. The van der Waals surface area contributed by atoms with Crippen molar-refractivity contribution < 1.29 is 0 Å². The largest absolute Gasteiger partial charge is 0.394 e. The van der Waals surface area contributed by atoms with Crippen LogP contribution in [0.15, 0.2) is 42.9 Å². The molecule has 2 atom stereocenters. The van der Waals surface area contributed by atoms with Crippen molar-refractivity contribution in [3.8, 4) is 11.3 Å². The van der Waals surface area contributed by atoms with Crippen LogP contribution in [0.2, 0.25) is 5.02 Å². The molecule has 0 aliphatic heterocycles. The Balaban J connectivity index is 2.09. The SMILES string of the molecule is CN/C=C/C(C)(N)C(C)n1cnc(C2CC2)c1-c1ccccc1Cl. The van der Waals surface area contributed by atoms with Gasteiger partial charge in [0.2, 0.25) is 0 Å². The van der Waals surface area contributed by atoms with Crippen LogP contribution in [-0.4, -0.2) is 22.1 Å². The minimum Gasteiger partial charge on any atom is -0.394 e. The summed E-state index contributed by atoms with van der Waals surface area (Å²) in [4.78, 5) is 4.72. The van der Waals surface area contributed by atoms with Gasteiger partial charge in [0, 0.05) is 23.6 Å². The highest BCUT2D eigenvalue weighted by atomic mass is 35.5. The number of nitrogens with two attached hydrogens (primary N) is 1. The highest BCUT2D eigenvalue weighted by Gasteiger charge is 2.34. The van der Waals surface area contributed by atoms with Gasteiger partial charge in [0.25, 0.3) is 0 Å². The van der Waals surface area contributed by atoms with Crippen LogP contribution in [0.25, 0.3) is 11.3 Å². The third kappa shape index (κ3) is 3.21. The molecule has 0 bridgehead atoms. The van der Waals surface area contributed by atoms with Crippen molar-refractivity contribution in [2.75, 3.05) is 7.05 Å². The summed E-state index contributed by atoms with van der Waals surface area (Å²) in [7, 11) is 1.87. The maximum atomic E-state index is 6.56. The Morgan fingerprint density at radius 3 is 2.75 bits per heavy atom. The maximum Gasteiger partial charge on any atom is 0.0957 e. The number of nitrogens with one attached hydrogen (secondary N) is 1. The number of hydrogen-bond acceptors (Lipinski definition) is 3. The van der Waals surface area contributed by atoms with E-state index in [1.807, 2.05) is 50.8 Å². The van der Waals surface area contributed by atoms with E-state index in [0.29, 0.717) is 5.92 Å². The molecule has 2 aromatic rings. The Kier molecular flexibility index (Phi) is 4.70. The van der Waals surface area contributed by atoms with E-state index in [9.17, 15) is 0 Å². The molecule has 3 N–H and O–H groups in total. The Hall–Kier alpha value is -1.78. The lowest BCUT2D eigenvalue weighted by Gasteiger charge is -2.31. The second-order valence-corrected chi connectivity index (χ2v) is 7.21. The van der Waals surface area contributed by atoms with E-state index in [2.05, 4.69) is 22.9 Å². The summed E-state index contributed by atoms with van der Waals surface area (Å²) in [5, 5.41) is 3.76. The van der Waals surface area contributed by atoms with E-state index in [-0.39, 0.29) is 6.04 Å². The van der Waals surface area contributed by atoms with Gasteiger partial charge in [0.05, 0.1) is 29.3 Å². The molecule has 1 saturated carbocycles. The summed E-state index contributed by atoms with van der Waals surface area (Å²) < 4.78 is 2.18. The summed E-state index contributed by atoms with van der Waals surface area (Å²) in [6.07, 6.45) is 8.18. The molecule has 24 heavy (non-hydrogen) atoms. The van der Waals surface area contributed by atoms with Gasteiger partial charge in [-0.2, -0.15) is 0 Å². The first-order valence-electron chi connectivity index (χ1n) is 8.41. The minimum absolute atomic E-state index is 0.0355. The van der Waals surface area contributed by atoms with Gasteiger partial charge in [0.1, 0.15) is 0 Å². The number of aromatic nitrogens is 2. The van der Waals surface area contributed by atoms with E-state index >= 15 is 0 Å². The highest BCUT2D eigenvalue weighted by Crippen LogP contribution is 2.46. The summed E-state index contributed by atoms with van der Waals surface area (Å²) in [6, 6.07) is 8.00. The minimum atomic E-state index is -0.513. The standard InChI is InChI=1S/C19H25ClN4/c1-13(19(2,21)10-11-22-3)24-12-23-17(14-8-9-14)18(24)15-6-4-5-7-16(15)20/h4-7,10-14,22H,8-9,21H2,1-3H3/b11-10+. The molecule has 5 heteroatoms. The van der Waals surface area contributed by atoms with Crippen molar-refractivity contribution in [1.29, 1.82) is 0 Å². The van der Waals surface area contributed by atoms with Crippen molar-refractivity contribution in [3.63, 3.8) is 0 Å². The van der Waals surface area contributed by atoms with E-state index < -0.39 is 5.54 Å². The highest BCUT2D eigenvalue weighted by molar-refractivity contribution is 6.33. The van der Waals surface area contributed by atoms with Crippen molar-refractivity contribution in [2.45, 2.75) is 44.2 Å². The Morgan fingerprint density at radius 1 is 1.42 bits per heavy atom. The molecule has 2 unspecified atom stereocenters. The number of benzene rings is 1. The molecule has 1 aromatic heterocycles. The summed E-state index contributed by atoms with van der Waals surface area (Å²) >= 11 is 6.49. The Labute approximate surface area is 148 Å². The lowest BCUT2D eigenvalue weighted by atomic mass is 9.93. The van der Waals surface area contributed by atoms with Gasteiger partial charge in [-0.3, -0.25) is 0 Å².